The Morgan fingerprint density at radius 1 is 0.290 bits per heavy atom. The van der Waals surface area contributed by atoms with Crippen LogP contribution in [-0.4, -0.2) is 9.13 Å². The Balaban J connectivity index is 1.14. The van der Waals surface area contributed by atoms with Gasteiger partial charge in [0.2, 0.25) is 0 Å². The molecule has 0 saturated heterocycles. The molecule has 12 rings (SSSR count). The first kappa shape index (κ1) is 20.9. The Labute approximate surface area is 388 Å². The summed E-state index contributed by atoms with van der Waals surface area (Å²) in [6, 6.07) is 24.5. The Morgan fingerprint density at radius 2 is 0.694 bits per heavy atom. The predicted octanol–water partition coefficient (Wildman–Crippen LogP) is 16.2. The van der Waals surface area contributed by atoms with Crippen LogP contribution in [0.15, 0.2) is 242 Å². The molecule has 0 aliphatic heterocycles. The minimum atomic E-state index is -0.607. The molecule has 0 saturated carbocycles. The number of benzene rings is 10. The van der Waals surface area contributed by atoms with Crippen LogP contribution in [0, 0.1) is 0 Å². The maximum Gasteiger partial charge on any atom is 0.0629 e. The molecule has 0 aliphatic rings. The summed E-state index contributed by atoms with van der Waals surface area (Å²) in [5.41, 5.74) is 4.05. The van der Waals surface area contributed by atoms with Crippen molar-refractivity contribution in [2.24, 2.45) is 0 Å². The third-order valence-electron chi connectivity index (χ3n) is 11.3. The average Bonchev–Trinajstić information content (AvgIpc) is 3.09. The molecular weight excluding hydrogens is 749 g/mol. The van der Waals surface area contributed by atoms with Crippen molar-refractivity contribution in [2.75, 3.05) is 0 Å². The quantitative estimate of drug-likeness (QED) is 0.152. The van der Waals surface area contributed by atoms with E-state index in [1.807, 2.05) is 81.9 Å². The molecule has 0 fully saturated rings. The van der Waals surface area contributed by atoms with Gasteiger partial charge < -0.3 is 9.13 Å². The lowest BCUT2D eigenvalue weighted by Crippen LogP contribution is -2.01. The van der Waals surface area contributed by atoms with Gasteiger partial charge in [-0.1, -0.05) is 200 Å². The predicted molar refractivity (Wildman–Crippen MR) is 262 cm³/mol. The van der Waals surface area contributed by atoms with Gasteiger partial charge in [-0.25, -0.2) is 0 Å². The number of hydrogen-bond donors (Lipinski definition) is 0. The lowest BCUT2D eigenvalue weighted by atomic mass is 9.87. The van der Waals surface area contributed by atoms with Gasteiger partial charge in [-0.2, -0.15) is 0 Å². The van der Waals surface area contributed by atoms with Crippen molar-refractivity contribution in [2.45, 2.75) is 0 Å². The molecule has 0 amide bonds. The first-order valence-corrected chi connectivity index (χ1v) is 19.7. The average molecular weight is 809 g/mol. The van der Waals surface area contributed by atoms with E-state index in [1.165, 1.54) is 0 Å². The second-order valence-corrected chi connectivity index (χ2v) is 14.6. The highest BCUT2D eigenvalue weighted by Gasteiger charge is 2.22. The molecule has 0 atom stereocenters. The normalized spacial score (nSPS) is 16.1. The molecular formula is C60H40N2. The van der Waals surface area contributed by atoms with E-state index in [0.717, 1.165) is 10.9 Å². The van der Waals surface area contributed by atoms with Crippen molar-refractivity contribution in [3.63, 3.8) is 0 Å². The molecule has 290 valence electrons. The zero-order valence-electron chi connectivity index (χ0n) is 52.4. The number of aromatic nitrogens is 2. The maximum atomic E-state index is 9.14. The Bertz CT molecular complexity index is 4540. The van der Waals surface area contributed by atoms with Crippen LogP contribution in [0.5, 0.6) is 0 Å². The minimum Gasteiger partial charge on any atom is -0.309 e. The van der Waals surface area contributed by atoms with Crippen LogP contribution in [0.4, 0.5) is 0 Å². The van der Waals surface area contributed by atoms with Gasteiger partial charge >= 0.3 is 0 Å². The van der Waals surface area contributed by atoms with Gasteiger partial charge in [-0.15, -0.1) is 0 Å². The molecule has 0 N–H and O–H groups in total. The molecule has 62 heavy (non-hydrogen) atoms. The summed E-state index contributed by atoms with van der Waals surface area (Å²) >= 11 is 0. The third-order valence-corrected chi connectivity index (χ3v) is 11.3. The van der Waals surface area contributed by atoms with Gasteiger partial charge in [0, 0.05) is 38.4 Å². The van der Waals surface area contributed by atoms with Gasteiger partial charge in [-0.3, -0.25) is 0 Å². The van der Waals surface area contributed by atoms with Crippen LogP contribution in [0.2, 0.25) is 0 Å². The first-order chi connectivity index (χ1) is 39.1. The molecule has 0 bridgehead atoms. The van der Waals surface area contributed by atoms with E-state index in [-0.39, 0.29) is 55.8 Å². The highest BCUT2D eigenvalue weighted by molar-refractivity contribution is 6.14. The van der Waals surface area contributed by atoms with E-state index in [9.17, 15) is 0 Å². The molecule has 0 spiro atoms. The largest absolute Gasteiger partial charge is 0.309 e. The van der Waals surface area contributed by atoms with Gasteiger partial charge in [0.25, 0.3) is 0 Å². The Kier molecular flexibility index (Phi) is 4.98. The van der Waals surface area contributed by atoms with E-state index in [4.69, 9.17) is 27.4 Å². The fraction of sp³-hybridized carbons (Fsp3) is 0. The van der Waals surface area contributed by atoms with Crippen LogP contribution in [0.3, 0.4) is 0 Å². The highest BCUT2D eigenvalue weighted by atomic mass is 15.0. The van der Waals surface area contributed by atoms with Crippen molar-refractivity contribution in [1.82, 2.24) is 9.13 Å². The lowest BCUT2D eigenvalue weighted by molar-refractivity contribution is 1.17. The summed E-state index contributed by atoms with van der Waals surface area (Å²) in [5, 5.41) is 2.83. The summed E-state index contributed by atoms with van der Waals surface area (Å²) in [5.74, 6) is 0. The fourth-order valence-corrected chi connectivity index (χ4v) is 8.75. The van der Waals surface area contributed by atoms with E-state index in [0.29, 0.717) is 44.0 Å². The van der Waals surface area contributed by atoms with Crippen molar-refractivity contribution >= 4 is 43.6 Å². The summed E-state index contributed by atoms with van der Waals surface area (Å²) in [4.78, 5) is 0. The first-order valence-electron chi connectivity index (χ1n) is 29.7. The highest BCUT2D eigenvalue weighted by Crippen LogP contribution is 2.45. The maximum absolute atomic E-state index is 9.14. The van der Waals surface area contributed by atoms with E-state index in [2.05, 4.69) is 0 Å². The minimum absolute atomic E-state index is 0.133. The Hall–Kier alpha value is -8.20. The summed E-state index contributed by atoms with van der Waals surface area (Å²) in [6.45, 7) is 0. The van der Waals surface area contributed by atoms with Crippen LogP contribution in [0.1, 0.15) is 27.4 Å². The van der Waals surface area contributed by atoms with Crippen LogP contribution >= 0.6 is 0 Å². The molecule has 2 aromatic heterocycles. The second kappa shape index (κ2) is 14.8. The molecule has 10 aromatic carbocycles. The third kappa shape index (κ3) is 5.80. The second-order valence-electron chi connectivity index (χ2n) is 14.6. The smallest absolute Gasteiger partial charge is 0.0629 e. The van der Waals surface area contributed by atoms with E-state index < -0.39 is 121 Å². The monoisotopic (exact) mass is 808 g/mol. The topological polar surface area (TPSA) is 9.86 Å². The standard InChI is InChI=1S/C60H40N2/c1-5-19-41(20-6-1)47-29-17-30-48(42-21-7-2-8-22-42)59(47)45-35-37-57-53(39-45)51-27-13-15-33-55(51)61(57)46-36-38-58-54(40-46)52-28-14-16-34-56(52)62(58)60-49(43-23-9-3-10-24-43)31-18-32-50(60)44-25-11-4-12-26-44/h1-40H/i1D,2D,3D,4D,5D,6D,7D,8D,9D,10D,11D,12D,19D,20D,21D,22D,23D,24D,25D,26D. The summed E-state index contributed by atoms with van der Waals surface area (Å²) < 4.78 is 179. The van der Waals surface area contributed by atoms with E-state index in [1.54, 1.807) is 48.5 Å². The van der Waals surface area contributed by atoms with Gasteiger partial charge in [0.05, 0.1) is 55.2 Å². The molecule has 0 radical (unpaired) electrons. The number of fused-ring (bicyclic) bond motifs is 6. The van der Waals surface area contributed by atoms with Gasteiger partial charge in [0.1, 0.15) is 0 Å². The molecule has 2 heterocycles. The van der Waals surface area contributed by atoms with Crippen molar-refractivity contribution in [3.05, 3.63) is 242 Å². The zero-order chi connectivity index (χ0) is 58.4. The molecule has 0 unspecified atom stereocenters. The van der Waals surface area contributed by atoms with Crippen LogP contribution < -0.4 is 0 Å². The number of para-hydroxylation sites is 3. The fourth-order valence-electron chi connectivity index (χ4n) is 8.75. The van der Waals surface area contributed by atoms with Crippen molar-refractivity contribution < 1.29 is 27.4 Å². The van der Waals surface area contributed by atoms with Gasteiger partial charge in [-0.05, 0) is 87.0 Å². The number of rotatable bonds is 7. The zero-order valence-corrected chi connectivity index (χ0v) is 32.4. The molecule has 0 aliphatic carbocycles. The van der Waals surface area contributed by atoms with Crippen LogP contribution in [0.25, 0.3) is 111 Å². The molecule has 12 aromatic rings. The van der Waals surface area contributed by atoms with Gasteiger partial charge in [0.15, 0.2) is 0 Å². The van der Waals surface area contributed by atoms with Crippen molar-refractivity contribution in [3.8, 4) is 67.0 Å². The van der Waals surface area contributed by atoms with E-state index >= 15 is 0 Å². The summed E-state index contributed by atoms with van der Waals surface area (Å²) in [7, 11) is 0. The van der Waals surface area contributed by atoms with Crippen molar-refractivity contribution in [1.29, 1.82) is 0 Å². The SMILES string of the molecule is [2H]c1c([2H])c([2H])c(-c2cccc(-c3c([2H])c([2H])c([2H])c([2H])c3[2H])c2-c2ccc3c(c2)c2ccccc2n3-c2ccc3c(c2)c2ccccc2n3-c2c(-c3c([2H])c([2H])c([2H])c([2H])c3[2H])cccc2-c2c([2H])c([2H])c([2H])c([2H])c2[2H])c([2H])c1[2H]. The molecule has 2 heteroatoms. The Morgan fingerprint density at radius 3 is 1.23 bits per heavy atom. The number of nitrogens with zero attached hydrogens (tertiary/aromatic N) is 2. The molecule has 2 nitrogen and oxygen atoms in total. The lowest BCUT2D eigenvalue weighted by Gasteiger charge is -2.19. The summed E-state index contributed by atoms with van der Waals surface area (Å²) in [6.07, 6.45) is 0. The number of hydrogen-bond acceptors (Lipinski definition) is 0. The van der Waals surface area contributed by atoms with Crippen LogP contribution in [-0.2, 0) is 0 Å².